The maximum atomic E-state index is 12.4. The number of carbonyl (C=O) groups excluding carboxylic acids is 4. The molecule has 0 aliphatic rings. The summed E-state index contributed by atoms with van der Waals surface area (Å²) in [7, 11) is 0. The molecule has 0 saturated carbocycles. The molecule has 0 unspecified atom stereocenters. The van der Waals surface area contributed by atoms with Gasteiger partial charge in [-0.05, 0) is 26.0 Å². The normalized spacial score (nSPS) is 10.1. The van der Waals surface area contributed by atoms with Crippen LogP contribution >= 0.6 is 0 Å². The molecule has 1 N–H and O–H groups in total. The van der Waals surface area contributed by atoms with Crippen molar-refractivity contribution in [2.75, 3.05) is 26.2 Å². The number of nitrogens with zero attached hydrogens (tertiary/aromatic N) is 1. The van der Waals surface area contributed by atoms with Crippen LogP contribution in [0.4, 0.5) is 0 Å². The number of rotatable bonds is 9. The molecule has 7 nitrogen and oxygen atoms in total. The van der Waals surface area contributed by atoms with Gasteiger partial charge in [-0.15, -0.1) is 0 Å². The van der Waals surface area contributed by atoms with Gasteiger partial charge in [0.25, 0.3) is 5.91 Å². The van der Waals surface area contributed by atoms with E-state index < -0.39 is 18.5 Å². The molecule has 0 radical (unpaired) electrons. The lowest BCUT2D eigenvalue weighted by Gasteiger charge is -2.20. The minimum Gasteiger partial charge on any atom is -0.452 e. The smallest absolute Gasteiger partial charge is 0.338 e. The second-order valence-corrected chi connectivity index (χ2v) is 6.21. The first-order valence-electron chi connectivity index (χ1n) is 9.37. The summed E-state index contributed by atoms with van der Waals surface area (Å²) in [4.78, 5) is 49.7. The molecule has 0 atom stereocenters. The zero-order chi connectivity index (χ0) is 21.2. The molecule has 7 heteroatoms. The molecular formula is C22H24N2O5. The van der Waals surface area contributed by atoms with Crippen LogP contribution in [0.2, 0.25) is 0 Å². The number of benzene rings is 2. The van der Waals surface area contributed by atoms with Crippen molar-refractivity contribution in [3.8, 4) is 0 Å². The fourth-order valence-corrected chi connectivity index (χ4v) is 2.62. The van der Waals surface area contributed by atoms with Crippen LogP contribution in [0.5, 0.6) is 0 Å². The summed E-state index contributed by atoms with van der Waals surface area (Å²) in [5.74, 6) is -1.55. The fourth-order valence-electron chi connectivity index (χ4n) is 2.62. The van der Waals surface area contributed by atoms with Crippen molar-refractivity contribution >= 4 is 23.6 Å². The Morgan fingerprint density at radius 3 is 2.03 bits per heavy atom. The number of hydrogen-bond donors (Lipinski definition) is 1. The van der Waals surface area contributed by atoms with Crippen LogP contribution in [0.25, 0.3) is 0 Å². The van der Waals surface area contributed by atoms with Gasteiger partial charge < -0.3 is 15.0 Å². The first-order valence-corrected chi connectivity index (χ1v) is 9.37. The highest BCUT2D eigenvalue weighted by Gasteiger charge is 2.18. The van der Waals surface area contributed by atoms with Crippen LogP contribution in [0.1, 0.15) is 40.1 Å². The number of hydrogen-bond acceptors (Lipinski definition) is 5. The molecule has 0 aliphatic carbocycles. The van der Waals surface area contributed by atoms with E-state index in [4.69, 9.17) is 4.74 Å². The molecule has 2 aromatic carbocycles. The van der Waals surface area contributed by atoms with Crippen molar-refractivity contribution in [3.63, 3.8) is 0 Å². The van der Waals surface area contributed by atoms with E-state index in [1.54, 1.807) is 50.2 Å². The Morgan fingerprint density at radius 2 is 1.45 bits per heavy atom. The molecule has 2 aromatic rings. The van der Waals surface area contributed by atoms with Gasteiger partial charge in [0.15, 0.2) is 12.4 Å². The molecule has 0 saturated heterocycles. The zero-order valence-corrected chi connectivity index (χ0v) is 16.5. The van der Waals surface area contributed by atoms with Crippen molar-refractivity contribution in [3.05, 3.63) is 71.3 Å². The Kier molecular flexibility index (Phi) is 8.09. The minimum absolute atomic E-state index is 0.0863. The average molecular weight is 396 g/mol. The van der Waals surface area contributed by atoms with Crippen LogP contribution < -0.4 is 5.32 Å². The summed E-state index contributed by atoms with van der Waals surface area (Å²) in [6, 6.07) is 14.9. The summed E-state index contributed by atoms with van der Waals surface area (Å²) in [5, 5.41) is 2.61. The van der Waals surface area contributed by atoms with Gasteiger partial charge in [0.05, 0.1) is 12.1 Å². The van der Waals surface area contributed by atoms with Crippen LogP contribution in [0.3, 0.4) is 0 Å². The van der Waals surface area contributed by atoms with Gasteiger partial charge in [-0.2, -0.15) is 0 Å². The van der Waals surface area contributed by atoms with Gasteiger partial charge >= 0.3 is 5.97 Å². The van der Waals surface area contributed by atoms with Crippen molar-refractivity contribution in [1.29, 1.82) is 0 Å². The zero-order valence-electron chi connectivity index (χ0n) is 16.5. The van der Waals surface area contributed by atoms with E-state index >= 15 is 0 Å². The molecule has 2 rings (SSSR count). The number of ketones is 1. The molecule has 2 amide bonds. The molecule has 152 valence electrons. The van der Waals surface area contributed by atoms with Gasteiger partial charge in [0, 0.05) is 24.2 Å². The maximum Gasteiger partial charge on any atom is 0.338 e. The van der Waals surface area contributed by atoms with Crippen LogP contribution in [-0.4, -0.2) is 54.7 Å². The highest BCUT2D eigenvalue weighted by Crippen LogP contribution is 2.12. The summed E-state index contributed by atoms with van der Waals surface area (Å²) in [5.41, 5.74) is 1.23. The standard InChI is InChI=1S/C22H24N2O5/c1-3-23-19(25)14-24(4-2)20(26)15-29-22(28)18-12-10-17(11-13-18)21(27)16-8-6-5-7-9-16/h5-13H,3-4,14-15H2,1-2H3,(H,23,25). The minimum atomic E-state index is -0.675. The fraction of sp³-hybridized carbons (Fsp3) is 0.273. The summed E-state index contributed by atoms with van der Waals surface area (Å²) in [6.07, 6.45) is 0. The quantitative estimate of drug-likeness (QED) is 0.517. The third-order valence-corrected chi connectivity index (χ3v) is 4.19. The van der Waals surface area contributed by atoms with E-state index in [9.17, 15) is 19.2 Å². The predicted octanol–water partition coefficient (Wildman–Crippen LogP) is 2.06. The average Bonchev–Trinajstić information content (AvgIpc) is 2.76. The van der Waals surface area contributed by atoms with E-state index in [1.807, 2.05) is 6.07 Å². The van der Waals surface area contributed by atoms with Gasteiger partial charge in [-0.25, -0.2) is 4.79 Å². The highest BCUT2D eigenvalue weighted by atomic mass is 16.5. The number of carbonyl (C=O) groups is 4. The predicted molar refractivity (Wildman–Crippen MR) is 108 cm³/mol. The van der Waals surface area contributed by atoms with Crippen LogP contribution in [0.15, 0.2) is 54.6 Å². The SMILES string of the molecule is CCNC(=O)CN(CC)C(=O)COC(=O)c1ccc(C(=O)c2ccccc2)cc1. The lowest BCUT2D eigenvalue weighted by molar-refractivity contribution is -0.138. The Labute approximate surface area is 169 Å². The molecule has 29 heavy (non-hydrogen) atoms. The first-order chi connectivity index (χ1) is 14.0. The number of amides is 2. The number of ether oxygens (including phenoxy) is 1. The van der Waals surface area contributed by atoms with Gasteiger partial charge in [-0.1, -0.05) is 42.5 Å². The van der Waals surface area contributed by atoms with E-state index in [0.717, 1.165) is 0 Å². The number of esters is 1. The summed E-state index contributed by atoms with van der Waals surface area (Å²) in [6.45, 7) is 3.78. The van der Waals surface area contributed by atoms with Crippen molar-refractivity contribution in [1.82, 2.24) is 10.2 Å². The van der Waals surface area contributed by atoms with Crippen LogP contribution in [-0.2, 0) is 14.3 Å². The molecular weight excluding hydrogens is 372 g/mol. The van der Waals surface area contributed by atoms with E-state index in [2.05, 4.69) is 5.32 Å². The van der Waals surface area contributed by atoms with Crippen LogP contribution in [0, 0.1) is 0 Å². The van der Waals surface area contributed by atoms with Gasteiger partial charge in [0.1, 0.15) is 0 Å². The molecule has 0 spiro atoms. The largest absolute Gasteiger partial charge is 0.452 e. The lowest BCUT2D eigenvalue weighted by Crippen LogP contribution is -2.42. The molecule has 0 bridgehead atoms. The van der Waals surface area contributed by atoms with Crippen molar-refractivity contribution in [2.45, 2.75) is 13.8 Å². The van der Waals surface area contributed by atoms with E-state index in [1.165, 1.54) is 17.0 Å². The third kappa shape index (κ3) is 6.27. The van der Waals surface area contributed by atoms with Gasteiger partial charge in [0.2, 0.25) is 5.91 Å². The third-order valence-electron chi connectivity index (χ3n) is 4.19. The molecule has 0 fully saturated rings. The Balaban J connectivity index is 1.92. The molecule has 0 aliphatic heterocycles. The maximum absolute atomic E-state index is 12.4. The lowest BCUT2D eigenvalue weighted by atomic mass is 10.0. The Morgan fingerprint density at radius 1 is 0.862 bits per heavy atom. The summed E-state index contributed by atoms with van der Waals surface area (Å²) >= 11 is 0. The monoisotopic (exact) mass is 396 g/mol. The van der Waals surface area contributed by atoms with Crippen molar-refractivity contribution in [2.24, 2.45) is 0 Å². The Bertz CT molecular complexity index is 863. The van der Waals surface area contributed by atoms with Gasteiger partial charge in [-0.3, -0.25) is 14.4 Å². The second kappa shape index (κ2) is 10.8. The highest BCUT2D eigenvalue weighted by molar-refractivity contribution is 6.09. The van der Waals surface area contributed by atoms with Crippen molar-refractivity contribution < 1.29 is 23.9 Å². The summed E-state index contributed by atoms with van der Waals surface area (Å²) < 4.78 is 5.05. The number of likely N-dealkylation sites (N-methyl/N-ethyl adjacent to an activating group) is 2. The molecule has 0 aromatic heterocycles. The Hall–Kier alpha value is -3.48. The second-order valence-electron chi connectivity index (χ2n) is 6.21. The molecule has 0 heterocycles. The first kappa shape index (κ1) is 21.8. The number of nitrogens with one attached hydrogen (secondary N) is 1. The van der Waals surface area contributed by atoms with E-state index in [-0.39, 0.29) is 23.8 Å². The van der Waals surface area contributed by atoms with E-state index in [0.29, 0.717) is 24.2 Å². The topological polar surface area (TPSA) is 92.8 Å².